The summed E-state index contributed by atoms with van der Waals surface area (Å²) in [5, 5.41) is 12.0. The number of carbonyl (C=O) groups excluding carboxylic acids is 3. The van der Waals surface area contributed by atoms with Gasteiger partial charge in [0.25, 0.3) is 0 Å². The minimum absolute atomic E-state index is 0.0200. The predicted molar refractivity (Wildman–Crippen MR) is 119 cm³/mol. The normalized spacial score (nSPS) is 25.6. The first-order chi connectivity index (χ1) is 15.2. The number of rotatable bonds is 5. The molecule has 3 aliphatic rings. The lowest BCUT2D eigenvalue weighted by Gasteiger charge is -2.37. The summed E-state index contributed by atoms with van der Waals surface area (Å²) in [6.45, 7) is 7.09. The van der Waals surface area contributed by atoms with Crippen molar-refractivity contribution < 1.29 is 19.1 Å². The van der Waals surface area contributed by atoms with Crippen LogP contribution in [0.5, 0.6) is 0 Å². The van der Waals surface area contributed by atoms with E-state index in [9.17, 15) is 19.6 Å². The van der Waals surface area contributed by atoms with E-state index in [1.807, 2.05) is 11.0 Å². The van der Waals surface area contributed by atoms with Gasteiger partial charge in [0.05, 0.1) is 6.07 Å². The van der Waals surface area contributed by atoms with Gasteiger partial charge >= 0.3 is 6.09 Å². The first-order valence-electron chi connectivity index (χ1n) is 11.5. The number of nitrogens with zero attached hydrogens (tertiary/aromatic N) is 3. The number of alkyl carbamates (subject to hydrolysis) is 1. The van der Waals surface area contributed by atoms with E-state index in [1.165, 1.54) is 4.90 Å². The molecule has 4 atom stereocenters. The summed E-state index contributed by atoms with van der Waals surface area (Å²) in [5.74, 6) is 0.460. The van der Waals surface area contributed by atoms with Gasteiger partial charge in [-0.2, -0.15) is 5.26 Å². The van der Waals surface area contributed by atoms with E-state index in [1.54, 1.807) is 20.8 Å². The summed E-state index contributed by atoms with van der Waals surface area (Å²) in [6, 6.07) is 0.759. The highest BCUT2D eigenvalue weighted by Crippen LogP contribution is 2.29. The molecule has 1 N–H and O–H groups in total. The molecule has 3 amide bonds. The van der Waals surface area contributed by atoms with Crippen LogP contribution in [0.1, 0.15) is 52.9 Å². The van der Waals surface area contributed by atoms with Crippen LogP contribution in [0.4, 0.5) is 4.79 Å². The van der Waals surface area contributed by atoms with Gasteiger partial charge < -0.3 is 19.9 Å². The minimum atomic E-state index is -0.905. The molecule has 0 aromatic rings. The van der Waals surface area contributed by atoms with Crippen LogP contribution in [0.2, 0.25) is 0 Å². The lowest BCUT2D eigenvalue weighted by molar-refractivity contribution is -0.135. The highest BCUT2D eigenvalue weighted by atomic mass is 16.6. The summed E-state index contributed by atoms with van der Waals surface area (Å²) in [4.78, 5) is 41.8. The number of nitriles is 1. The number of carbonyl (C=O) groups is 3. The summed E-state index contributed by atoms with van der Waals surface area (Å²) in [6.07, 6.45) is 10.4. The average Bonchev–Trinajstić information content (AvgIpc) is 3.23. The van der Waals surface area contributed by atoms with Crippen molar-refractivity contribution >= 4 is 17.9 Å². The lowest BCUT2D eigenvalue weighted by atomic mass is 9.82. The Bertz CT molecular complexity index is 823. The molecule has 3 rings (SSSR count). The van der Waals surface area contributed by atoms with Crippen LogP contribution < -0.4 is 5.32 Å². The molecular formula is C24H34N4O4. The molecule has 32 heavy (non-hydrogen) atoms. The first-order valence-corrected chi connectivity index (χ1v) is 11.5. The van der Waals surface area contributed by atoms with Gasteiger partial charge in [-0.25, -0.2) is 4.79 Å². The molecule has 8 heteroatoms. The van der Waals surface area contributed by atoms with Crippen molar-refractivity contribution in [3.8, 4) is 6.07 Å². The van der Waals surface area contributed by atoms with E-state index < -0.39 is 23.8 Å². The van der Waals surface area contributed by atoms with Crippen LogP contribution in [0.15, 0.2) is 24.3 Å². The Balaban J connectivity index is 1.62. The third-order valence-electron chi connectivity index (χ3n) is 6.21. The van der Waals surface area contributed by atoms with Gasteiger partial charge in [-0.1, -0.05) is 24.3 Å². The zero-order valence-corrected chi connectivity index (χ0v) is 19.3. The topological polar surface area (TPSA) is 103 Å². The second-order valence-corrected chi connectivity index (χ2v) is 9.78. The largest absolute Gasteiger partial charge is 0.444 e. The highest BCUT2D eigenvalue weighted by Gasteiger charge is 2.36. The van der Waals surface area contributed by atoms with E-state index in [4.69, 9.17) is 4.74 Å². The third-order valence-corrected chi connectivity index (χ3v) is 6.21. The molecule has 0 saturated carbocycles. The summed E-state index contributed by atoms with van der Waals surface area (Å²) < 4.78 is 5.32. The fraction of sp³-hybridized carbons (Fsp3) is 0.667. The maximum atomic E-state index is 13.2. The molecule has 1 aliphatic carbocycles. The van der Waals surface area contributed by atoms with Gasteiger partial charge in [0.1, 0.15) is 17.7 Å². The van der Waals surface area contributed by atoms with Crippen molar-refractivity contribution in [1.82, 2.24) is 15.1 Å². The smallest absolute Gasteiger partial charge is 0.408 e. The fourth-order valence-electron chi connectivity index (χ4n) is 4.58. The number of nitrogens with one attached hydrogen (secondary N) is 1. The summed E-state index contributed by atoms with van der Waals surface area (Å²) >= 11 is 0. The van der Waals surface area contributed by atoms with Gasteiger partial charge in [0, 0.05) is 32.0 Å². The Labute approximate surface area is 190 Å². The number of hydrogen-bond donors (Lipinski definition) is 1. The van der Waals surface area contributed by atoms with Gasteiger partial charge in [-0.05, 0) is 52.4 Å². The SMILES string of the molecule is CC(C)(C)OC(=O)N[C@@H](CCC(=O)N1CCC2C=CC=CC2C1)C(=O)N1CCC[C@H]1C#N. The number of piperidine rings is 1. The Morgan fingerprint density at radius 3 is 2.56 bits per heavy atom. The monoisotopic (exact) mass is 442 g/mol. The molecule has 0 aromatic carbocycles. The van der Waals surface area contributed by atoms with Crippen LogP contribution in [-0.4, -0.2) is 65.0 Å². The predicted octanol–water partition coefficient (Wildman–Crippen LogP) is 2.77. The summed E-state index contributed by atoms with van der Waals surface area (Å²) in [7, 11) is 0. The zero-order chi connectivity index (χ0) is 23.3. The van der Waals surface area contributed by atoms with E-state index in [2.05, 4.69) is 29.6 Å². The quantitative estimate of drug-likeness (QED) is 0.705. The number of amides is 3. The molecule has 2 heterocycles. The van der Waals surface area contributed by atoms with Crippen LogP contribution in [0, 0.1) is 23.2 Å². The number of likely N-dealkylation sites (tertiary alicyclic amines) is 2. The molecule has 0 radical (unpaired) electrons. The minimum Gasteiger partial charge on any atom is -0.444 e. The highest BCUT2D eigenvalue weighted by molar-refractivity contribution is 5.87. The molecule has 0 aromatic heterocycles. The molecule has 0 bridgehead atoms. The third kappa shape index (κ3) is 6.12. The standard InChI is InChI=1S/C24H34N4O4/c1-24(2,3)32-23(31)26-20(22(30)28-13-6-9-19(28)15-25)10-11-21(29)27-14-12-17-7-4-5-8-18(17)16-27/h4-5,7-8,17-20H,6,9-14,16H2,1-3H3,(H,26,31)/t17?,18?,19-,20-/m0/s1. The van der Waals surface area contributed by atoms with Crippen molar-refractivity contribution in [2.24, 2.45) is 11.8 Å². The van der Waals surface area contributed by atoms with Crippen LogP contribution in [0.3, 0.4) is 0 Å². The van der Waals surface area contributed by atoms with Crippen molar-refractivity contribution in [3.63, 3.8) is 0 Å². The Hall–Kier alpha value is -2.82. The Morgan fingerprint density at radius 1 is 1.16 bits per heavy atom. The molecule has 0 spiro atoms. The molecular weight excluding hydrogens is 408 g/mol. The van der Waals surface area contributed by atoms with E-state index in [-0.39, 0.29) is 24.7 Å². The van der Waals surface area contributed by atoms with Crippen LogP contribution in [0.25, 0.3) is 0 Å². The molecule has 2 unspecified atom stereocenters. The Kier molecular flexibility index (Phi) is 7.60. The molecule has 2 aliphatic heterocycles. The Morgan fingerprint density at radius 2 is 1.88 bits per heavy atom. The van der Waals surface area contributed by atoms with Crippen molar-refractivity contribution in [3.05, 3.63) is 24.3 Å². The number of allylic oxidation sites excluding steroid dienone is 3. The lowest BCUT2D eigenvalue weighted by Crippen LogP contribution is -2.51. The first kappa shape index (κ1) is 23.8. The molecule has 2 fully saturated rings. The second-order valence-electron chi connectivity index (χ2n) is 9.78. The maximum Gasteiger partial charge on any atom is 0.408 e. The zero-order valence-electron chi connectivity index (χ0n) is 19.3. The molecule has 2 saturated heterocycles. The second kappa shape index (κ2) is 10.2. The summed E-state index contributed by atoms with van der Waals surface area (Å²) in [5.41, 5.74) is -0.706. The van der Waals surface area contributed by atoms with Gasteiger partial charge in [0.15, 0.2) is 0 Å². The van der Waals surface area contributed by atoms with Crippen molar-refractivity contribution in [2.45, 2.75) is 70.6 Å². The maximum absolute atomic E-state index is 13.2. The fourth-order valence-corrected chi connectivity index (χ4v) is 4.58. The number of ether oxygens (including phenoxy) is 1. The van der Waals surface area contributed by atoms with Crippen LogP contribution in [-0.2, 0) is 14.3 Å². The molecule has 8 nitrogen and oxygen atoms in total. The van der Waals surface area contributed by atoms with Gasteiger partial charge in [-0.3, -0.25) is 9.59 Å². The number of hydrogen-bond acceptors (Lipinski definition) is 5. The van der Waals surface area contributed by atoms with E-state index in [0.29, 0.717) is 37.9 Å². The van der Waals surface area contributed by atoms with E-state index in [0.717, 1.165) is 12.8 Å². The number of fused-ring (bicyclic) bond motifs is 1. The van der Waals surface area contributed by atoms with Crippen molar-refractivity contribution in [1.29, 1.82) is 5.26 Å². The van der Waals surface area contributed by atoms with E-state index >= 15 is 0 Å². The van der Waals surface area contributed by atoms with Gasteiger partial charge in [-0.15, -0.1) is 0 Å². The van der Waals surface area contributed by atoms with Crippen molar-refractivity contribution in [2.75, 3.05) is 19.6 Å². The van der Waals surface area contributed by atoms with Gasteiger partial charge in [0.2, 0.25) is 11.8 Å². The van der Waals surface area contributed by atoms with Crippen LogP contribution >= 0.6 is 0 Å². The average molecular weight is 443 g/mol. The molecule has 174 valence electrons.